The minimum absolute atomic E-state index is 0.347. The first-order valence-electron chi connectivity index (χ1n) is 7.08. The van der Waals surface area contributed by atoms with E-state index in [0.717, 1.165) is 19.3 Å². The summed E-state index contributed by atoms with van der Waals surface area (Å²) in [5.74, 6) is 0.791. The number of hydrogen-bond donors (Lipinski definition) is 0. The summed E-state index contributed by atoms with van der Waals surface area (Å²) in [6, 6.07) is 10.4. The van der Waals surface area contributed by atoms with E-state index >= 15 is 0 Å². The first-order chi connectivity index (χ1) is 8.86. The Morgan fingerprint density at radius 3 is 2.50 bits per heavy atom. The Morgan fingerprint density at radius 1 is 1.06 bits per heavy atom. The quantitative estimate of drug-likeness (QED) is 0.703. The molecule has 0 heterocycles. The number of Topliss-reactive ketones (excluding diaryl/α,β-unsaturated/α-hetero) is 1. The largest absolute Gasteiger partial charge is 0.299 e. The van der Waals surface area contributed by atoms with Crippen molar-refractivity contribution in [2.75, 3.05) is 0 Å². The minimum atomic E-state index is 0.347. The van der Waals surface area contributed by atoms with E-state index in [2.05, 4.69) is 30.3 Å². The van der Waals surface area contributed by atoms with Gasteiger partial charge in [-0.2, -0.15) is 0 Å². The van der Waals surface area contributed by atoms with E-state index in [1.54, 1.807) is 0 Å². The van der Waals surface area contributed by atoms with Gasteiger partial charge in [0, 0.05) is 12.3 Å². The van der Waals surface area contributed by atoms with E-state index in [0.29, 0.717) is 18.1 Å². The minimum Gasteiger partial charge on any atom is -0.299 e. The van der Waals surface area contributed by atoms with Gasteiger partial charge in [0.25, 0.3) is 0 Å². The van der Waals surface area contributed by atoms with Crippen molar-refractivity contribution in [2.24, 2.45) is 5.92 Å². The zero-order valence-electron chi connectivity index (χ0n) is 11.0. The van der Waals surface area contributed by atoms with Gasteiger partial charge in [0.05, 0.1) is 0 Å². The second-order valence-electron chi connectivity index (χ2n) is 5.17. The molecule has 0 bridgehead atoms. The molecule has 1 aromatic carbocycles. The number of carbonyl (C=O) groups excluding carboxylic acids is 1. The average Bonchev–Trinajstić information content (AvgIpc) is 2.45. The molecule has 0 radical (unpaired) electrons. The topological polar surface area (TPSA) is 17.1 Å². The van der Waals surface area contributed by atoms with Crippen molar-refractivity contribution < 1.29 is 4.79 Å². The van der Waals surface area contributed by atoms with Crippen LogP contribution in [0.25, 0.3) is 0 Å². The number of carbonyl (C=O) groups is 1. The van der Waals surface area contributed by atoms with Crippen LogP contribution < -0.4 is 0 Å². The molecular formula is C17H22O. The summed E-state index contributed by atoms with van der Waals surface area (Å²) in [6.45, 7) is 0. The molecule has 0 aliphatic heterocycles. The number of allylic oxidation sites excluding steroid dienone is 2. The standard InChI is InChI=1S/C17H22O/c18-17(16-12-5-2-6-13-16)14-8-7-11-15-9-3-1-4-10-15/h1,3-4,7-10,16H,2,5-6,11-14H2/b8-7+. The molecule has 0 saturated heterocycles. The van der Waals surface area contributed by atoms with E-state index in [1.807, 2.05) is 12.1 Å². The van der Waals surface area contributed by atoms with Crippen LogP contribution >= 0.6 is 0 Å². The lowest BCUT2D eigenvalue weighted by molar-refractivity contribution is -0.122. The third-order valence-electron chi connectivity index (χ3n) is 3.74. The Bertz CT molecular complexity index is 385. The van der Waals surface area contributed by atoms with Crippen LogP contribution in [0.1, 0.15) is 44.1 Å². The van der Waals surface area contributed by atoms with Crippen LogP contribution in [0.2, 0.25) is 0 Å². The van der Waals surface area contributed by atoms with Gasteiger partial charge in [-0.1, -0.05) is 61.7 Å². The molecule has 1 aliphatic rings. The zero-order chi connectivity index (χ0) is 12.6. The molecule has 0 amide bonds. The molecule has 2 rings (SSSR count). The first kappa shape index (κ1) is 13.1. The van der Waals surface area contributed by atoms with Crippen molar-refractivity contribution in [3.05, 3.63) is 48.0 Å². The highest BCUT2D eigenvalue weighted by Crippen LogP contribution is 2.25. The number of ketones is 1. The van der Waals surface area contributed by atoms with Gasteiger partial charge in [-0.25, -0.2) is 0 Å². The molecule has 1 aromatic rings. The number of benzene rings is 1. The molecule has 1 fully saturated rings. The molecule has 96 valence electrons. The summed E-state index contributed by atoms with van der Waals surface area (Å²) in [5.41, 5.74) is 1.30. The van der Waals surface area contributed by atoms with Gasteiger partial charge in [-0.05, 0) is 24.8 Å². The lowest BCUT2D eigenvalue weighted by Gasteiger charge is -2.19. The molecule has 0 atom stereocenters. The summed E-state index contributed by atoms with van der Waals surface area (Å²) in [6.07, 6.45) is 11.7. The van der Waals surface area contributed by atoms with Gasteiger partial charge in [0.2, 0.25) is 0 Å². The van der Waals surface area contributed by atoms with Crippen molar-refractivity contribution in [1.29, 1.82) is 0 Å². The molecule has 1 aliphatic carbocycles. The fourth-order valence-corrected chi connectivity index (χ4v) is 2.62. The van der Waals surface area contributed by atoms with Crippen molar-refractivity contribution in [3.8, 4) is 0 Å². The molecule has 0 N–H and O–H groups in total. The van der Waals surface area contributed by atoms with Gasteiger partial charge in [0.15, 0.2) is 0 Å². The second kappa shape index (κ2) is 7.15. The van der Waals surface area contributed by atoms with Crippen molar-refractivity contribution in [1.82, 2.24) is 0 Å². The van der Waals surface area contributed by atoms with Crippen LogP contribution in [0, 0.1) is 5.92 Å². The van der Waals surface area contributed by atoms with Crippen molar-refractivity contribution in [2.45, 2.75) is 44.9 Å². The van der Waals surface area contributed by atoms with E-state index < -0.39 is 0 Å². The summed E-state index contributed by atoms with van der Waals surface area (Å²) >= 11 is 0. The average molecular weight is 242 g/mol. The van der Waals surface area contributed by atoms with E-state index in [-0.39, 0.29) is 0 Å². The lowest BCUT2D eigenvalue weighted by atomic mass is 9.85. The fraction of sp³-hybridized carbons (Fsp3) is 0.471. The van der Waals surface area contributed by atoms with Crippen molar-refractivity contribution in [3.63, 3.8) is 0 Å². The van der Waals surface area contributed by atoms with Crippen LogP contribution in [0.3, 0.4) is 0 Å². The summed E-state index contributed by atoms with van der Waals surface area (Å²) in [7, 11) is 0. The summed E-state index contributed by atoms with van der Waals surface area (Å²) in [4.78, 5) is 12.0. The maximum absolute atomic E-state index is 12.0. The van der Waals surface area contributed by atoms with Gasteiger partial charge in [0.1, 0.15) is 5.78 Å². The Kier molecular flexibility index (Phi) is 5.19. The van der Waals surface area contributed by atoms with E-state index in [1.165, 1.54) is 24.8 Å². The molecular weight excluding hydrogens is 220 g/mol. The maximum Gasteiger partial charge on any atom is 0.139 e. The SMILES string of the molecule is O=C(C/C=C/Cc1ccccc1)C1CCCCC1. The molecule has 0 spiro atoms. The normalized spacial score (nSPS) is 17.1. The highest BCUT2D eigenvalue weighted by molar-refractivity contribution is 5.82. The third-order valence-corrected chi connectivity index (χ3v) is 3.74. The number of hydrogen-bond acceptors (Lipinski definition) is 1. The summed E-state index contributed by atoms with van der Waals surface area (Å²) in [5, 5.41) is 0. The first-order valence-corrected chi connectivity index (χ1v) is 7.08. The molecule has 1 nitrogen and oxygen atoms in total. The maximum atomic E-state index is 12.0. The summed E-state index contributed by atoms with van der Waals surface area (Å²) < 4.78 is 0. The van der Waals surface area contributed by atoms with Crippen molar-refractivity contribution >= 4 is 5.78 Å². The van der Waals surface area contributed by atoms with Gasteiger partial charge in [-0.3, -0.25) is 4.79 Å². The number of rotatable bonds is 5. The van der Waals surface area contributed by atoms with Gasteiger partial charge >= 0.3 is 0 Å². The van der Waals surface area contributed by atoms with Gasteiger partial charge in [-0.15, -0.1) is 0 Å². The van der Waals surface area contributed by atoms with Crippen LogP contribution in [-0.4, -0.2) is 5.78 Å². The van der Waals surface area contributed by atoms with E-state index in [9.17, 15) is 4.79 Å². The van der Waals surface area contributed by atoms with Gasteiger partial charge < -0.3 is 0 Å². The fourth-order valence-electron chi connectivity index (χ4n) is 2.62. The second-order valence-corrected chi connectivity index (χ2v) is 5.17. The molecule has 18 heavy (non-hydrogen) atoms. The Balaban J connectivity index is 1.72. The zero-order valence-corrected chi connectivity index (χ0v) is 11.0. The highest BCUT2D eigenvalue weighted by atomic mass is 16.1. The van der Waals surface area contributed by atoms with Crippen LogP contribution in [-0.2, 0) is 11.2 Å². The molecule has 1 heteroatoms. The smallest absolute Gasteiger partial charge is 0.139 e. The predicted molar refractivity (Wildman–Crippen MR) is 75.5 cm³/mol. The Morgan fingerprint density at radius 2 is 1.78 bits per heavy atom. The lowest BCUT2D eigenvalue weighted by Crippen LogP contribution is -2.16. The monoisotopic (exact) mass is 242 g/mol. The molecule has 0 aromatic heterocycles. The van der Waals surface area contributed by atoms with E-state index in [4.69, 9.17) is 0 Å². The predicted octanol–water partition coefficient (Wildman–Crippen LogP) is 4.32. The molecule has 0 unspecified atom stereocenters. The van der Waals surface area contributed by atoms with Crippen LogP contribution in [0.5, 0.6) is 0 Å². The van der Waals surface area contributed by atoms with Crippen LogP contribution in [0.15, 0.2) is 42.5 Å². The highest BCUT2D eigenvalue weighted by Gasteiger charge is 2.19. The van der Waals surface area contributed by atoms with Crippen LogP contribution in [0.4, 0.5) is 0 Å². The third kappa shape index (κ3) is 4.14. The Labute approximate surface area is 110 Å². The Hall–Kier alpha value is -1.37. The molecule has 1 saturated carbocycles.